The van der Waals surface area contributed by atoms with Gasteiger partial charge in [-0.25, -0.2) is 8.78 Å². The van der Waals surface area contributed by atoms with E-state index in [-0.39, 0.29) is 0 Å². The van der Waals surface area contributed by atoms with Crippen LogP contribution >= 0.6 is 0 Å². The van der Waals surface area contributed by atoms with Crippen LogP contribution in [0.5, 0.6) is 0 Å². The number of nitrogens with one attached hydrogen (secondary N) is 1. The zero-order valence-electron chi connectivity index (χ0n) is 12.5. The van der Waals surface area contributed by atoms with E-state index in [9.17, 15) is 8.78 Å². The predicted molar refractivity (Wildman–Crippen MR) is 83.3 cm³/mol. The molecule has 1 N–H and O–H groups in total. The molecule has 0 aromatic heterocycles. The predicted octanol–water partition coefficient (Wildman–Crippen LogP) is 4.56. The summed E-state index contributed by atoms with van der Waals surface area (Å²) in [4.78, 5) is 0. The highest BCUT2D eigenvalue weighted by atomic mass is 19.1. The lowest BCUT2D eigenvalue weighted by Crippen LogP contribution is -2.28. The molecule has 2 rings (SSSR count). The van der Waals surface area contributed by atoms with Crippen molar-refractivity contribution in [3.8, 4) is 11.1 Å². The second-order valence-electron chi connectivity index (χ2n) is 5.38. The molecule has 2 aromatic carbocycles. The summed E-state index contributed by atoms with van der Waals surface area (Å²) < 4.78 is 26.7. The monoisotopic (exact) mass is 289 g/mol. The molecule has 0 aliphatic carbocycles. The summed E-state index contributed by atoms with van der Waals surface area (Å²) in [5.41, 5.74) is 2.41. The normalized spacial score (nSPS) is 12.4. The summed E-state index contributed by atoms with van der Waals surface area (Å²) in [7, 11) is 0. The van der Waals surface area contributed by atoms with Crippen LogP contribution in [0, 0.1) is 11.6 Å². The van der Waals surface area contributed by atoms with Crippen molar-refractivity contribution in [1.82, 2.24) is 5.32 Å². The molecule has 0 bridgehead atoms. The van der Waals surface area contributed by atoms with Crippen LogP contribution in [-0.4, -0.2) is 12.6 Å². The van der Waals surface area contributed by atoms with Crippen molar-refractivity contribution in [3.05, 3.63) is 59.7 Å². The molecular weight excluding hydrogens is 268 g/mol. The molecule has 0 radical (unpaired) electrons. The van der Waals surface area contributed by atoms with Gasteiger partial charge in [-0.2, -0.15) is 0 Å². The molecule has 21 heavy (non-hydrogen) atoms. The Bertz CT molecular complexity index is 578. The first kappa shape index (κ1) is 15.6. The minimum absolute atomic E-state index is 0.415. The van der Waals surface area contributed by atoms with Crippen molar-refractivity contribution in [2.45, 2.75) is 32.7 Å². The highest BCUT2D eigenvalue weighted by Gasteiger charge is 2.07. The first-order chi connectivity index (χ1) is 10.1. The molecule has 0 fully saturated rings. The molecule has 0 aliphatic heterocycles. The maximum atomic E-state index is 13.7. The van der Waals surface area contributed by atoms with Crippen LogP contribution in [0.3, 0.4) is 0 Å². The third kappa shape index (κ3) is 4.36. The van der Waals surface area contributed by atoms with Crippen molar-refractivity contribution in [3.63, 3.8) is 0 Å². The van der Waals surface area contributed by atoms with Crippen molar-refractivity contribution in [2.75, 3.05) is 6.54 Å². The lowest BCUT2D eigenvalue weighted by Gasteiger charge is -2.13. The van der Waals surface area contributed by atoms with E-state index in [2.05, 4.69) is 19.2 Å². The Hall–Kier alpha value is -1.74. The van der Waals surface area contributed by atoms with E-state index in [1.165, 1.54) is 17.7 Å². The van der Waals surface area contributed by atoms with Gasteiger partial charge in [-0.1, -0.05) is 31.2 Å². The molecular formula is C18H21F2N. The summed E-state index contributed by atoms with van der Waals surface area (Å²) in [5.74, 6) is -1.08. The molecule has 112 valence electrons. The molecule has 0 aliphatic rings. The van der Waals surface area contributed by atoms with Crippen LogP contribution in [0.1, 0.15) is 25.8 Å². The zero-order chi connectivity index (χ0) is 15.2. The van der Waals surface area contributed by atoms with E-state index >= 15 is 0 Å². The highest BCUT2D eigenvalue weighted by Crippen LogP contribution is 2.24. The van der Waals surface area contributed by atoms with Gasteiger partial charge >= 0.3 is 0 Å². The molecule has 0 saturated heterocycles. The Balaban J connectivity index is 2.08. The quantitative estimate of drug-likeness (QED) is 0.822. The van der Waals surface area contributed by atoms with Crippen LogP contribution in [0.2, 0.25) is 0 Å². The van der Waals surface area contributed by atoms with Gasteiger partial charge in [-0.15, -0.1) is 0 Å². The van der Waals surface area contributed by atoms with E-state index in [1.807, 2.05) is 24.3 Å². The first-order valence-electron chi connectivity index (χ1n) is 7.38. The van der Waals surface area contributed by atoms with Crippen molar-refractivity contribution < 1.29 is 8.78 Å². The molecule has 2 aromatic rings. The van der Waals surface area contributed by atoms with E-state index in [0.29, 0.717) is 11.6 Å². The molecule has 3 heteroatoms. The molecule has 1 atom stereocenters. The fraction of sp³-hybridized carbons (Fsp3) is 0.333. The average molecular weight is 289 g/mol. The maximum Gasteiger partial charge on any atom is 0.133 e. The summed E-state index contributed by atoms with van der Waals surface area (Å²) in [6, 6.07) is 11.9. The zero-order valence-corrected chi connectivity index (χ0v) is 12.5. The van der Waals surface area contributed by atoms with Crippen LogP contribution in [0.25, 0.3) is 11.1 Å². The van der Waals surface area contributed by atoms with Gasteiger partial charge in [0.05, 0.1) is 0 Å². The Morgan fingerprint density at radius 1 is 1.05 bits per heavy atom. The van der Waals surface area contributed by atoms with Crippen molar-refractivity contribution >= 4 is 0 Å². The third-order valence-corrected chi connectivity index (χ3v) is 3.48. The number of rotatable bonds is 6. The van der Waals surface area contributed by atoms with Gasteiger partial charge < -0.3 is 5.32 Å². The van der Waals surface area contributed by atoms with Gasteiger partial charge in [-0.05, 0) is 49.6 Å². The number of hydrogen-bond acceptors (Lipinski definition) is 1. The topological polar surface area (TPSA) is 12.0 Å². The molecule has 0 spiro atoms. The van der Waals surface area contributed by atoms with Gasteiger partial charge in [0.25, 0.3) is 0 Å². The molecule has 1 unspecified atom stereocenters. The Morgan fingerprint density at radius 3 is 2.38 bits per heavy atom. The van der Waals surface area contributed by atoms with Gasteiger partial charge in [0.1, 0.15) is 11.6 Å². The molecule has 1 nitrogen and oxygen atoms in total. The maximum absolute atomic E-state index is 13.7. The lowest BCUT2D eigenvalue weighted by atomic mass is 10.0. The van der Waals surface area contributed by atoms with E-state index in [0.717, 1.165) is 31.0 Å². The average Bonchev–Trinajstić information content (AvgIpc) is 2.46. The Kier molecular flexibility index (Phi) is 5.45. The van der Waals surface area contributed by atoms with Gasteiger partial charge in [0, 0.05) is 17.7 Å². The largest absolute Gasteiger partial charge is 0.314 e. The van der Waals surface area contributed by atoms with Crippen LogP contribution in [0.4, 0.5) is 8.78 Å². The lowest BCUT2D eigenvalue weighted by molar-refractivity contribution is 0.543. The van der Waals surface area contributed by atoms with Crippen LogP contribution < -0.4 is 5.32 Å². The molecule has 0 amide bonds. The fourth-order valence-electron chi connectivity index (χ4n) is 2.36. The Morgan fingerprint density at radius 2 is 1.76 bits per heavy atom. The highest BCUT2D eigenvalue weighted by molar-refractivity contribution is 5.64. The summed E-state index contributed by atoms with van der Waals surface area (Å²) in [6.07, 6.45) is 2.05. The summed E-state index contributed by atoms with van der Waals surface area (Å²) >= 11 is 0. The van der Waals surface area contributed by atoms with E-state index in [1.54, 1.807) is 0 Å². The van der Waals surface area contributed by atoms with E-state index < -0.39 is 11.6 Å². The van der Waals surface area contributed by atoms with Crippen LogP contribution in [-0.2, 0) is 6.42 Å². The minimum atomic E-state index is -0.552. The molecule has 0 heterocycles. The summed E-state index contributed by atoms with van der Waals surface area (Å²) in [5, 5.41) is 3.44. The SMILES string of the molecule is CCCNC(C)Cc1ccc(-c2ccc(F)cc2F)cc1. The summed E-state index contributed by atoms with van der Waals surface area (Å²) in [6.45, 7) is 5.31. The first-order valence-corrected chi connectivity index (χ1v) is 7.38. The van der Waals surface area contributed by atoms with E-state index in [4.69, 9.17) is 0 Å². The second kappa shape index (κ2) is 7.32. The second-order valence-corrected chi connectivity index (χ2v) is 5.38. The molecule has 0 saturated carbocycles. The van der Waals surface area contributed by atoms with Crippen LogP contribution in [0.15, 0.2) is 42.5 Å². The van der Waals surface area contributed by atoms with Gasteiger partial charge in [-0.3, -0.25) is 0 Å². The number of benzene rings is 2. The standard InChI is InChI=1S/C18H21F2N/c1-3-10-21-13(2)11-14-4-6-15(7-5-14)17-9-8-16(19)12-18(17)20/h4-9,12-13,21H,3,10-11H2,1-2H3. The van der Waals surface area contributed by atoms with Gasteiger partial charge in [0.2, 0.25) is 0 Å². The third-order valence-electron chi connectivity index (χ3n) is 3.48. The fourth-order valence-corrected chi connectivity index (χ4v) is 2.36. The minimum Gasteiger partial charge on any atom is -0.314 e. The Labute approximate surface area is 125 Å². The van der Waals surface area contributed by atoms with Crippen molar-refractivity contribution in [1.29, 1.82) is 0 Å². The van der Waals surface area contributed by atoms with Crippen molar-refractivity contribution in [2.24, 2.45) is 0 Å². The van der Waals surface area contributed by atoms with Gasteiger partial charge in [0.15, 0.2) is 0 Å². The number of hydrogen-bond donors (Lipinski definition) is 1. The smallest absolute Gasteiger partial charge is 0.133 e. The number of halogens is 2.